The number of carbonyl (C=O) groups excluding carboxylic acids is 1. The molecule has 86 valence electrons. The summed E-state index contributed by atoms with van der Waals surface area (Å²) >= 11 is 0. The highest BCUT2D eigenvalue weighted by Crippen LogP contribution is 2.57. The Morgan fingerprint density at radius 1 is 1.27 bits per heavy atom. The summed E-state index contributed by atoms with van der Waals surface area (Å²) < 4.78 is 5.39. The van der Waals surface area contributed by atoms with Gasteiger partial charge in [-0.15, -0.1) is 0 Å². The Hall–Kier alpha value is -0.570. The first kappa shape index (κ1) is 10.9. The maximum atomic E-state index is 12.0. The summed E-state index contributed by atoms with van der Waals surface area (Å²) in [7, 11) is 0. The highest BCUT2D eigenvalue weighted by atomic mass is 16.6. The lowest BCUT2D eigenvalue weighted by molar-refractivity contribution is -0.158. The van der Waals surface area contributed by atoms with Crippen LogP contribution in [0.1, 0.15) is 46.5 Å². The molecule has 15 heavy (non-hydrogen) atoms. The standard InChI is InChI=1S/C12H21NO2/c1-11(2,3)15-10(14)12(13)8-6-4-5-7-9(8)12/h8-9H,4-7,13H2,1-3H3. The molecule has 2 rings (SSSR count). The summed E-state index contributed by atoms with van der Waals surface area (Å²) in [5.41, 5.74) is 5.10. The van der Waals surface area contributed by atoms with Crippen molar-refractivity contribution < 1.29 is 9.53 Å². The number of esters is 1. The molecule has 2 N–H and O–H groups in total. The lowest BCUT2D eigenvalue weighted by Crippen LogP contribution is -2.42. The van der Waals surface area contributed by atoms with Gasteiger partial charge in [0.15, 0.2) is 0 Å². The van der Waals surface area contributed by atoms with E-state index in [1.165, 1.54) is 12.8 Å². The summed E-state index contributed by atoms with van der Waals surface area (Å²) in [6, 6.07) is 0. The second-order valence-electron chi connectivity index (χ2n) is 5.93. The lowest BCUT2D eigenvalue weighted by atomic mass is 10.0. The third kappa shape index (κ3) is 1.78. The average molecular weight is 211 g/mol. The molecular weight excluding hydrogens is 190 g/mol. The molecule has 2 aliphatic rings. The smallest absolute Gasteiger partial charge is 0.327 e. The molecule has 0 aromatic carbocycles. The third-order valence-electron chi connectivity index (χ3n) is 3.64. The van der Waals surface area contributed by atoms with Crippen LogP contribution in [-0.2, 0) is 9.53 Å². The number of ether oxygens (including phenoxy) is 1. The zero-order valence-corrected chi connectivity index (χ0v) is 9.88. The van der Waals surface area contributed by atoms with E-state index in [1.54, 1.807) is 0 Å². The molecule has 0 bridgehead atoms. The largest absolute Gasteiger partial charge is 0.459 e. The van der Waals surface area contributed by atoms with E-state index in [9.17, 15) is 4.79 Å². The quantitative estimate of drug-likeness (QED) is 0.673. The van der Waals surface area contributed by atoms with Crippen molar-refractivity contribution in [2.75, 3.05) is 0 Å². The van der Waals surface area contributed by atoms with Crippen molar-refractivity contribution in [3.63, 3.8) is 0 Å². The first-order chi connectivity index (χ1) is 6.86. The minimum Gasteiger partial charge on any atom is -0.459 e. The minimum absolute atomic E-state index is 0.188. The first-order valence-corrected chi connectivity index (χ1v) is 5.88. The Morgan fingerprint density at radius 2 is 1.73 bits per heavy atom. The SMILES string of the molecule is CC(C)(C)OC(=O)C1(N)C2CCCCC21. The van der Waals surface area contributed by atoms with E-state index in [4.69, 9.17) is 10.5 Å². The van der Waals surface area contributed by atoms with E-state index >= 15 is 0 Å². The average Bonchev–Trinajstić information content (AvgIpc) is 2.72. The van der Waals surface area contributed by atoms with Gasteiger partial charge in [-0.3, -0.25) is 4.79 Å². The molecule has 2 saturated carbocycles. The van der Waals surface area contributed by atoms with E-state index in [-0.39, 0.29) is 5.97 Å². The van der Waals surface area contributed by atoms with E-state index in [2.05, 4.69) is 0 Å². The zero-order chi connectivity index (χ0) is 11.3. The summed E-state index contributed by atoms with van der Waals surface area (Å²) in [4.78, 5) is 12.0. The Bertz CT molecular complexity index is 268. The van der Waals surface area contributed by atoms with Crippen LogP contribution in [-0.4, -0.2) is 17.1 Å². The molecule has 0 aromatic heterocycles. The molecule has 0 aliphatic heterocycles. The summed E-state index contributed by atoms with van der Waals surface area (Å²) in [5.74, 6) is 0.592. The van der Waals surface area contributed by atoms with Gasteiger partial charge in [0.25, 0.3) is 0 Å². The number of nitrogens with two attached hydrogens (primary N) is 1. The van der Waals surface area contributed by atoms with Crippen LogP contribution < -0.4 is 5.73 Å². The first-order valence-electron chi connectivity index (χ1n) is 5.88. The van der Waals surface area contributed by atoms with E-state index in [0.29, 0.717) is 11.8 Å². The number of hydrogen-bond acceptors (Lipinski definition) is 3. The van der Waals surface area contributed by atoms with Crippen LogP contribution in [0.2, 0.25) is 0 Å². The fourth-order valence-corrected chi connectivity index (χ4v) is 2.84. The lowest BCUT2D eigenvalue weighted by Gasteiger charge is -2.22. The molecule has 2 unspecified atom stereocenters. The van der Waals surface area contributed by atoms with E-state index in [0.717, 1.165) is 12.8 Å². The maximum Gasteiger partial charge on any atom is 0.327 e. The normalized spacial score (nSPS) is 39.5. The maximum absolute atomic E-state index is 12.0. The van der Waals surface area contributed by atoms with Gasteiger partial charge in [0.1, 0.15) is 11.1 Å². The topological polar surface area (TPSA) is 52.3 Å². The molecule has 3 heteroatoms. The summed E-state index contributed by atoms with van der Waals surface area (Å²) in [6.45, 7) is 5.67. The molecule has 0 saturated heterocycles. The van der Waals surface area contributed by atoms with Crippen molar-refractivity contribution >= 4 is 5.97 Å². The van der Waals surface area contributed by atoms with Gasteiger partial charge in [0, 0.05) is 0 Å². The highest BCUT2D eigenvalue weighted by molar-refractivity contribution is 5.86. The van der Waals surface area contributed by atoms with Gasteiger partial charge >= 0.3 is 5.97 Å². The van der Waals surface area contributed by atoms with Gasteiger partial charge in [-0.2, -0.15) is 0 Å². The van der Waals surface area contributed by atoms with Crippen LogP contribution in [0.25, 0.3) is 0 Å². The van der Waals surface area contributed by atoms with Crippen molar-refractivity contribution in [2.45, 2.75) is 57.6 Å². The number of carbonyl (C=O) groups is 1. The Balaban J connectivity index is 2.02. The monoisotopic (exact) mass is 211 g/mol. The van der Waals surface area contributed by atoms with Gasteiger partial charge in [-0.05, 0) is 45.4 Å². The summed E-state index contributed by atoms with van der Waals surface area (Å²) in [6.07, 6.45) is 4.62. The van der Waals surface area contributed by atoms with Crippen molar-refractivity contribution in [3.05, 3.63) is 0 Å². The van der Waals surface area contributed by atoms with Crippen molar-refractivity contribution in [1.82, 2.24) is 0 Å². The van der Waals surface area contributed by atoms with Crippen LogP contribution in [0.3, 0.4) is 0 Å². The molecule has 2 fully saturated rings. The van der Waals surface area contributed by atoms with E-state index in [1.807, 2.05) is 20.8 Å². The second kappa shape index (κ2) is 3.21. The molecular formula is C12H21NO2. The molecule has 0 radical (unpaired) electrons. The Morgan fingerprint density at radius 3 is 2.13 bits per heavy atom. The molecule has 3 nitrogen and oxygen atoms in total. The molecule has 0 amide bonds. The zero-order valence-electron chi connectivity index (χ0n) is 9.88. The predicted octanol–water partition coefficient (Wildman–Crippen LogP) is 1.85. The number of rotatable bonds is 1. The van der Waals surface area contributed by atoms with Gasteiger partial charge in [-0.25, -0.2) is 0 Å². The molecule has 2 atom stereocenters. The Labute approximate surface area is 91.4 Å². The van der Waals surface area contributed by atoms with E-state index < -0.39 is 11.1 Å². The van der Waals surface area contributed by atoms with Gasteiger partial charge in [0.2, 0.25) is 0 Å². The fraction of sp³-hybridized carbons (Fsp3) is 0.917. The number of fused-ring (bicyclic) bond motifs is 1. The molecule has 0 heterocycles. The molecule has 0 spiro atoms. The van der Waals surface area contributed by atoms with Crippen LogP contribution >= 0.6 is 0 Å². The minimum atomic E-state index is -0.649. The summed E-state index contributed by atoms with van der Waals surface area (Å²) in [5, 5.41) is 0. The van der Waals surface area contributed by atoms with Gasteiger partial charge in [0.05, 0.1) is 0 Å². The predicted molar refractivity (Wildman–Crippen MR) is 58.2 cm³/mol. The third-order valence-corrected chi connectivity index (χ3v) is 3.64. The highest BCUT2D eigenvalue weighted by Gasteiger charge is 2.68. The van der Waals surface area contributed by atoms with Crippen LogP contribution in [0.5, 0.6) is 0 Å². The van der Waals surface area contributed by atoms with Crippen molar-refractivity contribution in [2.24, 2.45) is 17.6 Å². The fourth-order valence-electron chi connectivity index (χ4n) is 2.84. The van der Waals surface area contributed by atoms with Gasteiger partial charge in [-0.1, -0.05) is 12.8 Å². The number of hydrogen-bond donors (Lipinski definition) is 1. The second-order valence-corrected chi connectivity index (χ2v) is 5.93. The van der Waals surface area contributed by atoms with Crippen molar-refractivity contribution in [3.8, 4) is 0 Å². The van der Waals surface area contributed by atoms with Crippen molar-refractivity contribution in [1.29, 1.82) is 0 Å². The van der Waals surface area contributed by atoms with Crippen LogP contribution in [0, 0.1) is 11.8 Å². The Kier molecular flexibility index (Phi) is 2.34. The molecule has 2 aliphatic carbocycles. The van der Waals surface area contributed by atoms with Gasteiger partial charge < -0.3 is 10.5 Å². The van der Waals surface area contributed by atoms with Crippen LogP contribution in [0.15, 0.2) is 0 Å². The van der Waals surface area contributed by atoms with Crippen LogP contribution in [0.4, 0.5) is 0 Å². The molecule has 0 aromatic rings.